The Morgan fingerprint density at radius 2 is 1.70 bits per heavy atom. The van der Waals surface area contributed by atoms with E-state index in [0.29, 0.717) is 27.9 Å². The second kappa shape index (κ2) is 6.92. The van der Waals surface area contributed by atoms with Gasteiger partial charge in [-0.1, -0.05) is 24.3 Å². The number of anilines is 1. The maximum atomic E-state index is 13.9. The number of aromatic nitrogens is 2. The fourth-order valence-corrected chi connectivity index (χ4v) is 2.79. The molecule has 0 radical (unpaired) electrons. The van der Waals surface area contributed by atoms with Gasteiger partial charge >= 0.3 is 0 Å². The van der Waals surface area contributed by atoms with Crippen LogP contribution in [0.15, 0.2) is 72.9 Å². The Morgan fingerprint density at radius 3 is 2.52 bits per heavy atom. The number of halogens is 2. The number of hydrogen-bond acceptors (Lipinski definition) is 3. The standard InChI is InChI=1S/C21H13F2N3O/c22-13-8-9-16(23)19(11-13)26-21(27)15-12-20(18-7-3-4-10-24-18)25-17-6-2-1-5-14(15)17/h1-12H,(H,26,27). The quantitative estimate of drug-likeness (QED) is 0.569. The molecule has 1 N–H and O–H groups in total. The molecule has 2 heterocycles. The number of benzene rings is 2. The molecule has 0 saturated heterocycles. The van der Waals surface area contributed by atoms with Crippen LogP contribution in [0.25, 0.3) is 22.3 Å². The highest BCUT2D eigenvalue weighted by atomic mass is 19.1. The second-order valence-corrected chi connectivity index (χ2v) is 5.87. The lowest BCUT2D eigenvalue weighted by atomic mass is 10.1. The lowest BCUT2D eigenvalue weighted by Crippen LogP contribution is -2.14. The highest BCUT2D eigenvalue weighted by Gasteiger charge is 2.16. The van der Waals surface area contributed by atoms with Gasteiger partial charge in [0.05, 0.1) is 28.2 Å². The Balaban J connectivity index is 1.82. The van der Waals surface area contributed by atoms with E-state index in [9.17, 15) is 13.6 Å². The molecule has 0 aliphatic carbocycles. The Morgan fingerprint density at radius 1 is 0.889 bits per heavy atom. The predicted octanol–water partition coefficient (Wildman–Crippen LogP) is 4.83. The molecular weight excluding hydrogens is 348 g/mol. The van der Waals surface area contributed by atoms with Crippen LogP contribution in [0, 0.1) is 11.6 Å². The highest BCUT2D eigenvalue weighted by Crippen LogP contribution is 2.25. The Labute approximate surface area is 153 Å². The molecule has 0 atom stereocenters. The number of para-hydroxylation sites is 1. The van der Waals surface area contributed by atoms with Gasteiger partial charge in [0.2, 0.25) is 0 Å². The molecule has 27 heavy (non-hydrogen) atoms. The van der Waals surface area contributed by atoms with Crippen molar-refractivity contribution in [2.24, 2.45) is 0 Å². The minimum Gasteiger partial charge on any atom is -0.319 e. The molecule has 0 aliphatic heterocycles. The number of hydrogen-bond donors (Lipinski definition) is 1. The van der Waals surface area contributed by atoms with Gasteiger partial charge in [0, 0.05) is 17.6 Å². The van der Waals surface area contributed by atoms with Crippen LogP contribution in [0.1, 0.15) is 10.4 Å². The number of nitrogens with zero attached hydrogens (tertiary/aromatic N) is 2. The summed E-state index contributed by atoms with van der Waals surface area (Å²) in [7, 11) is 0. The highest BCUT2D eigenvalue weighted by molar-refractivity contribution is 6.13. The molecule has 1 amide bonds. The van der Waals surface area contributed by atoms with E-state index >= 15 is 0 Å². The molecule has 0 aliphatic rings. The summed E-state index contributed by atoms with van der Waals surface area (Å²) >= 11 is 0. The molecule has 0 unspecified atom stereocenters. The van der Waals surface area contributed by atoms with Crippen LogP contribution in [0.3, 0.4) is 0 Å². The monoisotopic (exact) mass is 361 g/mol. The summed E-state index contributed by atoms with van der Waals surface area (Å²) in [5, 5.41) is 3.04. The third kappa shape index (κ3) is 3.37. The molecule has 0 spiro atoms. The van der Waals surface area contributed by atoms with Crippen LogP contribution in [0.4, 0.5) is 14.5 Å². The number of fused-ring (bicyclic) bond motifs is 1. The van der Waals surface area contributed by atoms with Gasteiger partial charge in [0.15, 0.2) is 0 Å². The third-order valence-electron chi connectivity index (χ3n) is 4.06. The van der Waals surface area contributed by atoms with Gasteiger partial charge in [-0.05, 0) is 36.4 Å². The van der Waals surface area contributed by atoms with E-state index in [4.69, 9.17) is 0 Å². The van der Waals surface area contributed by atoms with Crippen molar-refractivity contribution in [2.45, 2.75) is 0 Å². The van der Waals surface area contributed by atoms with Gasteiger partial charge in [-0.25, -0.2) is 13.8 Å². The molecule has 0 saturated carbocycles. The molecule has 132 valence electrons. The van der Waals surface area contributed by atoms with Crippen LogP contribution in [0.5, 0.6) is 0 Å². The number of rotatable bonds is 3. The number of pyridine rings is 2. The third-order valence-corrected chi connectivity index (χ3v) is 4.06. The van der Waals surface area contributed by atoms with Crippen LogP contribution in [-0.2, 0) is 0 Å². The first-order valence-corrected chi connectivity index (χ1v) is 8.19. The number of nitrogens with one attached hydrogen (secondary N) is 1. The predicted molar refractivity (Wildman–Crippen MR) is 99.3 cm³/mol. The molecule has 4 nitrogen and oxygen atoms in total. The van der Waals surface area contributed by atoms with Crippen LogP contribution >= 0.6 is 0 Å². The van der Waals surface area contributed by atoms with Crippen molar-refractivity contribution >= 4 is 22.5 Å². The lowest BCUT2D eigenvalue weighted by molar-refractivity contribution is 0.102. The zero-order valence-electron chi connectivity index (χ0n) is 14.0. The minimum absolute atomic E-state index is 0.222. The fraction of sp³-hybridized carbons (Fsp3) is 0. The molecule has 0 bridgehead atoms. The largest absolute Gasteiger partial charge is 0.319 e. The van der Waals surface area contributed by atoms with E-state index in [1.807, 2.05) is 12.1 Å². The van der Waals surface area contributed by atoms with Crippen molar-refractivity contribution in [3.05, 3.63) is 90.1 Å². The summed E-state index contributed by atoms with van der Waals surface area (Å²) in [6.45, 7) is 0. The molecule has 0 fully saturated rings. The first-order valence-electron chi connectivity index (χ1n) is 8.19. The Kier molecular flexibility index (Phi) is 4.30. The number of amides is 1. The van der Waals surface area contributed by atoms with Crippen molar-refractivity contribution < 1.29 is 13.6 Å². The maximum absolute atomic E-state index is 13.9. The first kappa shape index (κ1) is 16.8. The van der Waals surface area contributed by atoms with E-state index in [-0.39, 0.29) is 5.69 Å². The van der Waals surface area contributed by atoms with Gasteiger partial charge in [0.25, 0.3) is 5.91 Å². The van der Waals surface area contributed by atoms with Crippen molar-refractivity contribution in [2.75, 3.05) is 5.32 Å². The number of carbonyl (C=O) groups excluding carboxylic acids is 1. The normalized spacial score (nSPS) is 10.7. The molecular formula is C21H13F2N3O. The van der Waals surface area contributed by atoms with Gasteiger partial charge in [0.1, 0.15) is 11.6 Å². The van der Waals surface area contributed by atoms with Crippen LogP contribution in [-0.4, -0.2) is 15.9 Å². The van der Waals surface area contributed by atoms with E-state index < -0.39 is 17.5 Å². The van der Waals surface area contributed by atoms with E-state index in [0.717, 1.165) is 18.2 Å². The SMILES string of the molecule is O=C(Nc1cc(F)ccc1F)c1cc(-c2ccccn2)nc2ccccc12. The van der Waals surface area contributed by atoms with Crippen molar-refractivity contribution in [3.63, 3.8) is 0 Å². The second-order valence-electron chi connectivity index (χ2n) is 5.87. The summed E-state index contributed by atoms with van der Waals surface area (Å²) < 4.78 is 27.3. The summed E-state index contributed by atoms with van der Waals surface area (Å²) in [5.41, 5.74) is 1.80. The summed E-state index contributed by atoms with van der Waals surface area (Å²) in [5.74, 6) is -1.91. The molecule has 2 aromatic carbocycles. The van der Waals surface area contributed by atoms with E-state index in [1.54, 1.807) is 42.6 Å². The van der Waals surface area contributed by atoms with Crippen molar-refractivity contribution in [3.8, 4) is 11.4 Å². The Bertz CT molecular complexity index is 1150. The van der Waals surface area contributed by atoms with Crippen molar-refractivity contribution in [1.82, 2.24) is 9.97 Å². The molecule has 4 rings (SSSR count). The Hall–Kier alpha value is -3.67. The van der Waals surface area contributed by atoms with Gasteiger partial charge in [-0.3, -0.25) is 9.78 Å². The van der Waals surface area contributed by atoms with E-state index in [2.05, 4.69) is 15.3 Å². The summed E-state index contributed by atoms with van der Waals surface area (Å²) in [4.78, 5) is 21.6. The van der Waals surface area contributed by atoms with Gasteiger partial charge < -0.3 is 5.32 Å². The zero-order valence-corrected chi connectivity index (χ0v) is 14.0. The zero-order chi connectivity index (χ0) is 18.8. The maximum Gasteiger partial charge on any atom is 0.256 e. The number of carbonyl (C=O) groups is 1. The van der Waals surface area contributed by atoms with Gasteiger partial charge in [-0.2, -0.15) is 0 Å². The lowest BCUT2D eigenvalue weighted by Gasteiger charge is -2.11. The van der Waals surface area contributed by atoms with Crippen LogP contribution in [0.2, 0.25) is 0 Å². The fourth-order valence-electron chi connectivity index (χ4n) is 2.79. The minimum atomic E-state index is -0.715. The summed E-state index contributed by atoms with van der Waals surface area (Å²) in [6, 6.07) is 17.0. The molecule has 4 aromatic rings. The topological polar surface area (TPSA) is 54.9 Å². The van der Waals surface area contributed by atoms with Crippen molar-refractivity contribution in [1.29, 1.82) is 0 Å². The van der Waals surface area contributed by atoms with Crippen LogP contribution < -0.4 is 5.32 Å². The molecule has 2 aromatic heterocycles. The van der Waals surface area contributed by atoms with E-state index in [1.165, 1.54) is 0 Å². The first-order chi connectivity index (χ1) is 13.1. The van der Waals surface area contributed by atoms with Gasteiger partial charge in [-0.15, -0.1) is 0 Å². The average molecular weight is 361 g/mol. The average Bonchev–Trinajstić information content (AvgIpc) is 2.70. The summed E-state index contributed by atoms with van der Waals surface area (Å²) in [6.07, 6.45) is 1.63. The molecule has 6 heteroatoms. The smallest absolute Gasteiger partial charge is 0.256 e.